The minimum absolute atomic E-state index is 0.123. The van der Waals surface area contributed by atoms with Crippen molar-refractivity contribution in [1.29, 1.82) is 0 Å². The van der Waals surface area contributed by atoms with Crippen LogP contribution in [0.1, 0.15) is 33.7 Å². The lowest BCUT2D eigenvalue weighted by atomic mass is 10.1. The van der Waals surface area contributed by atoms with Crippen LogP contribution in [0.3, 0.4) is 0 Å². The van der Waals surface area contributed by atoms with Gasteiger partial charge in [-0.3, -0.25) is 14.4 Å². The van der Waals surface area contributed by atoms with Gasteiger partial charge in [0, 0.05) is 32.0 Å². The predicted molar refractivity (Wildman–Crippen MR) is 91.5 cm³/mol. The lowest BCUT2D eigenvalue weighted by molar-refractivity contribution is -0.114. The molecule has 0 fully saturated rings. The van der Waals surface area contributed by atoms with Gasteiger partial charge in [-0.25, -0.2) is 4.98 Å². The molecule has 3 rings (SSSR count). The Morgan fingerprint density at radius 2 is 2.08 bits per heavy atom. The van der Waals surface area contributed by atoms with Crippen molar-refractivity contribution in [3.63, 3.8) is 0 Å². The summed E-state index contributed by atoms with van der Waals surface area (Å²) >= 11 is 1.30. The lowest BCUT2D eigenvalue weighted by Crippen LogP contribution is -2.33. The number of hydrogen-bond acceptors (Lipinski definition) is 5. The Morgan fingerprint density at radius 3 is 2.83 bits per heavy atom. The zero-order chi connectivity index (χ0) is 17.3. The third kappa shape index (κ3) is 3.23. The number of carbonyl (C=O) groups is 2. The Labute approximate surface area is 142 Å². The molecule has 8 heteroatoms. The third-order valence-corrected chi connectivity index (χ3v) is 4.83. The molecule has 2 N–H and O–H groups in total. The first-order chi connectivity index (χ1) is 11.5. The molecule has 0 saturated carbocycles. The van der Waals surface area contributed by atoms with E-state index in [1.807, 2.05) is 0 Å². The van der Waals surface area contributed by atoms with E-state index in [2.05, 4.69) is 15.3 Å². The number of amides is 2. The van der Waals surface area contributed by atoms with E-state index in [9.17, 15) is 14.4 Å². The number of aromatic amines is 1. The monoisotopic (exact) mass is 346 g/mol. The number of H-pyrrole nitrogens is 1. The highest BCUT2D eigenvalue weighted by Crippen LogP contribution is 2.25. The fourth-order valence-corrected chi connectivity index (χ4v) is 3.66. The Bertz CT molecular complexity index is 855. The normalized spacial score (nSPS) is 14.0. The Kier molecular flexibility index (Phi) is 4.48. The van der Waals surface area contributed by atoms with E-state index in [0.29, 0.717) is 47.9 Å². The Balaban J connectivity index is 1.82. The summed E-state index contributed by atoms with van der Waals surface area (Å²) in [4.78, 5) is 45.5. The molecule has 126 valence electrons. The average molecular weight is 346 g/mol. The minimum Gasteiger partial charge on any atom is -0.337 e. The third-order valence-electron chi connectivity index (χ3n) is 3.93. The molecule has 2 amide bonds. The van der Waals surface area contributed by atoms with E-state index in [-0.39, 0.29) is 17.4 Å². The second-order valence-electron chi connectivity index (χ2n) is 5.71. The van der Waals surface area contributed by atoms with Crippen LogP contribution in [0.15, 0.2) is 16.2 Å². The molecule has 2 aromatic heterocycles. The number of thiophene rings is 1. The summed E-state index contributed by atoms with van der Waals surface area (Å²) in [5.74, 6) is 0.247. The molecule has 1 aliphatic rings. The molecule has 0 radical (unpaired) electrons. The maximum atomic E-state index is 12.8. The molecule has 0 aromatic carbocycles. The van der Waals surface area contributed by atoms with E-state index in [1.165, 1.54) is 18.3 Å². The van der Waals surface area contributed by atoms with Gasteiger partial charge >= 0.3 is 0 Å². The van der Waals surface area contributed by atoms with Crippen molar-refractivity contribution in [3.05, 3.63) is 43.8 Å². The first-order valence-corrected chi connectivity index (χ1v) is 8.56. The summed E-state index contributed by atoms with van der Waals surface area (Å²) in [5.41, 5.74) is 1.83. The second kappa shape index (κ2) is 6.56. The molecule has 0 spiro atoms. The molecule has 1 aliphatic heterocycles. The molecule has 0 unspecified atom stereocenters. The number of carbonyl (C=O) groups excluding carboxylic acids is 2. The molecule has 2 aromatic rings. The first kappa shape index (κ1) is 16.4. The molecule has 0 bridgehead atoms. The molecule has 7 nitrogen and oxygen atoms in total. The fraction of sp³-hybridized carbons (Fsp3) is 0.375. The van der Waals surface area contributed by atoms with Gasteiger partial charge in [0.25, 0.3) is 11.5 Å². The van der Waals surface area contributed by atoms with E-state index in [0.717, 1.165) is 5.69 Å². The Morgan fingerprint density at radius 1 is 1.33 bits per heavy atom. The topological polar surface area (TPSA) is 95.2 Å². The molecular formula is C16H18N4O3S. The summed E-state index contributed by atoms with van der Waals surface area (Å²) in [6.07, 6.45) is 1.03. The van der Waals surface area contributed by atoms with Gasteiger partial charge < -0.3 is 15.2 Å². The summed E-state index contributed by atoms with van der Waals surface area (Å²) in [7, 11) is 0. The maximum Gasteiger partial charge on any atom is 0.266 e. The predicted octanol–water partition coefficient (Wildman–Crippen LogP) is 1.34. The van der Waals surface area contributed by atoms with Crippen molar-refractivity contribution in [2.45, 2.75) is 26.7 Å². The van der Waals surface area contributed by atoms with Gasteiger partial charge in [0.1, 0.15) is 10.7 Å². The van der Waals surface area contributed by atoms with Crippen molar-refractivity contribution in [2.24, 2.45) is 0 Å². The minimum atomic E-state index is -0.211. The molecule has 24 heavy (non-hydrogen) atoms. The average Bonchev–Trinajstić information content (AvgIpc) is 2.84. The number of fused-ring (bicyclic) bond motifs is 1. The lowest BCUT2D eigenvalue weighted by Gasteiger charge is -2.20. The number of aromatic nitrogens is 2. The highest BCUT2D eigenvalue weighted by Gasteiger charge is 2.25. The number of rotatable bonds is 2. The maximum absolute atomic E-state index is 12.8. The van der Waals surface area contributed by atoms with Crippen molar-refractivity contribution in [2.75, 3.05) is 18.4 Å². The number of hydrogen-bond donors (Lipinski definition) is 2. The number of nitrogens with one attached hydrogen (secondary N) is 2. The number of aryl methyl sites for hydroxylation is 1. The molecule has 0 saturated heterocycles. The van der Waals surface area contributed by atoms with Gasteiger partial charge in [0.05, 0.1) is 11.4 Å². The van der Waals surface area contributed by atoms with Crippen LogP contribution in [0, 0.1) is 6.92 Å². The van der Waals surface area contributed by atoms with Gasteiger partial charge in [-0.1, -0.05) is 0 Å². The smallest absolute Gasteiger partial charge is 0.266 e. The van der Waals surface area contributed by atoms with E-state index < -0.39 is 0 Å². The van der Waals surface area contributed by atoms with E-state index in [1.54, 1.807) is 23.3 Å². The highest BCUT2D eigenvalue weighted by atomic mass is 32.1. The van der Waals surface area contributed by atoms with Crippen LogP contribution >= 0.6 is 11.3 Å². The molecule has 3 heterocycles. The van der Waals surface area contributed by atoms with Gasteiger partial charge in [0.15, 0.2) is 0 Å². The summed E-state index contributed by atoms with van der Waals surface area (Å²) in [6.45, 7) is 4.12. The number of nitrogens with zero attached hydrogens (tertiary/aromatic N) is 2. The zero-order valence-electron chi connectivity index (χ0n) is 13.5. The Hall–Kier alpha value is -2.48. The van der Waals surface area contributed by atoms with Crippen LogP contribution in [0.4, 0.5) is 5.69 Å². The van der Waals surface area contributed by atoms with Crippen molar-refractivity contribution in [3.8, 4) is 0 Å². The van der Waals surface area contributed by atoms with Gasteiger partial charge in [-0.2, -0.15) is 0 Å². The SMILES string of the molecule is CC(=O)Nc1ccsc1C(=O)N1CCc2nc(C)[nH]c(=O)c2CC1. The quantitative estimate of drug-likeness (QED) is 0.858. The van der Waals surface area contributed by atoms with Gasteiger partial charge in [0.2, 0.25) is 5.91 Å². The molecular weight excluding hydrogens is 328 g/mol. The first-order valence-electron chi connectivity index (χ1n) is 7.68. The van der Waals surface area contributed by atoms with Crippen LogP contribution in [-0.4, -0.2) is 39.8 Å². The van der Waals surface area contributed by atoms with Crippen LogP contribution in [0.5, 0.6) is 0 Å². The van der Waals surface area contributed by atoms with Crippen molar-refractivity contribution >= 4 is 28.8 Å². The highest BCUT2D eigenvalue weighted by molar-refractivity contribution is 7.12. The molecule has 0 atom stereocenters. The van der Waals surface area contributed by atoms with Crippen molar-refractivity contribution < 1.29 is 9.59 Å². The van der Waals surface area contributed by atoms with E-state index in [4.69, 9.17) is 0 Å². The number of anilines is 1. The summed E-state index contributed by atoms with van der Waals surface area (Å²) in [5, 5.41) is 4.46. The summed E-state index contributed by atoms with van der Waals surface area (Å²) < 4.78 is 0. The molecule has 0 aliphatic carbocycles. The van der Waals surface area contributed by atoms with Crippen LogP contribution in [0.25, 0.3) is 0 Å². The summed E-state index contributed by atoms with van der Waals surface area (Å²) in [6, 6.07) is 1.72. The largest absolute Gasteiger partial charge is 0.337 e. The van der Waals surface area contributed by atoms with Gasteiger partial charge in [-0.15, -0.1) is 11.3 Å². The fourth-order valence-electron chi connectivity index (χ4n) is 2.84. The van der Waals surface area contributed by atoms with Crippen molar-refractivity contribution in [1.82, 2.24) is 14.9 Å². The second-order valence-corrected chi connectivity index (χ2v) is 6.63. The van der Waals surface area contributed by atoms with Crippen LogP contribution in [0.2, 0.25) is 0 Å². The zero-order valence-corrected chi connectivity index (χ0v) is 14.3. The standard InChI is InChI=1S/C16H18N4O3S/c1-9-17-12-4-7-20(6-3-11(12)15(22)18-9)16(23)14-13(5-8-24-14)19-10(2)21/h5,8H,3-4,6-7H2,1-2H3,(H,19,21)(H,17,18,22). The van der Waals surface area contributed by atoms with E-state index >= 15 is 0 Å². The van der Waals surface area contributed by atoms with Crippen LogP contribution < -0.4 is 10.9 Å². The van der Waals surface area contributed by atoms with Gasteiger partial charge in [-0.05, 0) is 24.8 Å². The van der Waals surface area contributed by atoms with Crippen LogP contribution in [-0.2, 0) is 17.6 Å².